The van der Waals surface area contributed by atoms with E-state index in [4.69, 9.17) is 0 Å². The lowest BCUT2D eigenvalue weighted by Crippen LogP contribution is -1.92. The summed E-state index contributed by atoms with van der Waals surface area (Å²) < 4.78 is 0. The molecule has 20 heavy (non-hydrogen) atoms. The second-order valence-electron chi connectivity index (χ2n) is 4.84. The Morgan fingerprint density at radius 3 is 2.45 bits per heavy atom. The zero-order valence-corrected chi connectivity index (χ0v) is 11.3. The molecule has 2 aromatic carbocycles. The summed E-state index contributed by atoms with van der Waals surface area (Å²) >= 11 is 0. The summed E-state index contributed by atoms with van der Waals surface area (Å²) in [6, 6.07) is 17.6. The van der Waals surface area contributed by atoms with Crippen molar-refractivity contribution in [1.82, 2.24) is 10.2 Å². The molecule has 0 saturated heterocycles. The van der Waals surface area contributed by atoms with Crippen molar-refractivity contribution >= 4 is 0 Å². The molecule has 3 aromatic rings. The minimum atomic E-state index is 0.284. The second-order valence-corrected chi connectivity index (χ2v) is 4.84. The van der Waals surface area contributed by atoms with E-state index >= 15 is 0 Å². The number of para-hydroxylation sites is 1. The predicted octanol–water partition coefficient (Wildman–Crippen LogP) is 3.68. The summed E-state index contributed by atoms with van der Waals surface area (Å²) in [5.74, 6) is 0.284. The molecular weight excluding hydrogens is 248 g/mol. The quantitative estimate of drug-likeness (QED) is 0.758. The van der Waals surface area contributed by atoms with E-state index in [1.54, 1.807) is 6.07 Å². The highest BCUT2D eigenvalue weighted by atomic mass is 16.3. The Bertz CT molecular complexity index is 717. The Morgan fingerprint density at radius 1 is 1.00 bits per heavy atom. The lowest BCUT2D eigenvalue weighted by atomic mass is 9.99. The number of aryl methyl sites for hydroxylation is 1. The van der Waals surface area contributed by atoms with Gasteiger partial charge in [0.1, 0.15) is 5.75 Å². The van der Waals surface area contributed by atoms with Gasteiger partial charge in [0.2, 0.25) is 0 Å². The molecule has 0 saturated carbocycles. The summed E-state index contributed by atoms with van der Waals surface area (Å²) in [6.45, 7) is 1.95. The third-order valence-electron chi connectivity index (χ3n) is 3.42. The first-order valence-electron chi connectivity index (χ1n) is 6.62. The number of aromatic amines is 1. The number of phenolic OH excluding ortho intramolecular Hbond substituents is 1. The summed E-state index contributed by atoms with van der Waals surface area (Å²) in [5.41, 5.74) is 4.96. The molecule has 100 valence electrons. The molecule has 1 heterocycles. The van der Waals surface area contributed by atoms with E-state index in [0.717, 1.165) is 28.9 Å². The SMILES string of the molecule is Cc1n[nH]c(Cc2ccccc2)c1-c1ccccc1O. The van der Waals surface area contributed by atoms with Crippen molar-refractivity contribution in [3.05, 3.63) is 71.5 Å². The number of H-pyrrole nitrogens is 1. The molecule has 0 aliphatic heterocycles. The summed E-state index contributed by atoms with van der Waals surface area (Å²) in [6.07, 6.45) is 0.769. The van der Waals surface area contributed by atoms with Crippen LogP contribution in [0.15, 0.2) is 54.6 Å². The maximum atomic E-state index is 10.1. The number of rotatable bonds is 3. The topological polar surface area (TPSA) is 48.9 Å². The fourth-order valence-corrected chi connectivity index (χ4v) is 2.45. The summed E-state index contributed by atoms with van der Waals surface area (Å²) in [4.78, 5) is 0. The molecular formula is C17H16N2O. The van der Waals surface area contributed by atoms with E-state index in [-0.39, 0.29) is 5.75 Å². The molecule has 2 N–H and O–H groups in total. The Labute approximate surface area is 117 Å². The molecule has 3 rings (SSSR count). The fourth-order valence-electron chi connectivity index (χ4n) is 2.45. The van der Waals surface area contributed by atoms with Crippen LogP contribution in [0.2, 0.25) is 0 Å². The van der Waals surface area contributed by atoms with Crippen molar-refractivity contribution in [3.8, 4) is 16.9 Å². The van der Waals surface area contributed by atoms with Gasteiger partial charge < -0.3 is 5.11 Å². The van der Waals surface area contributed by atoms with Crippen molar-refractivity contribution < 1.29 is 5.11 Å². The molecule has 0 aliphatic rings. The largest absolute Gasteiger partial charge is 0.507 e. The van der Waals surface area contributed by atoms with Gasteiger partial charge in [-0.05, 0) is 18.6 Å². The minimum absolute atomic E-state index is 0.284. The summed E-state index contributed by atoms with van der Waals surface area (Å²) in [7, 11) is 0. The van der Waals surface area contributed by atoms with E-state index in [9.17, 15) is 5.11 Å². The Kier molecular flexibility index (Phi) is 3.25. The normalized spacial score (nSPS) is 10.7. The average molecular weight is 264 g/mol. The fraction of sp³-hybridized carbons (Fsp3) is 0.118. The van der Waals surface area contributed by atoms with Gasteiger partial charge in [-0.25, -0.2) is 0 Å². The average Bonchev–Trinajstić information content (AvgIpc) is 2.82. The van der Waals surface area contributed by atoms with E-state index < -0.39 is 0 Å². The Morgan fingerprint density at radius 2 is 1.70 bits per heavy atom. The molecule has 3 heteroatoms. The lowest BCUT2D eigenvalue weighted by Gasteiger charge is -2.07. The van der Waals surface area contributed by atoms with Crippen LogP contribution in [0, 0.1) is 6.92 Å². The van der Waals surface area contributed by atoms with Gasteiger partial charge in [0.25, 0.3) is 0 Å². The van der Waals surface area contributed by atoms with Crippen LogP contribution in [0.4, 0.5) is 0 Å². The van der Waals surface area contributed by atoms with Crippen LogP contribution in [0.25, 0.3) is 11.1 Å². The predicted molar refractivity (Wildman–Crippen MR) is 79.7 cm³/mol. The van der Waals surface area contributed by atoms with Gasteiger partial charge in [0.15, 0.2) is 0 Å². The van der Waals surface area contributed by atoms with Crippen molar-refractivity contribution in [1.29, 1.82) is 0 Å². The van der Waals surface area contributed by atoms with Crippen LogP contribution in [-0.2, 0) is 6.42 Å². The molecule has 3 nitrogen and oxygen atoms in total. The van der Waals surface area contributed by atoms with E-state index in [2.05, 4.69) is 22.3 Å². The van der Waals surface area contributed by atoms with Gasteiger partial charge in [-0.1, -0.05) is 48.5 Å². The van der Waals surface area contributed by atoms with Gasteiger partial charge in [0.05, 0.1) is 5.69 Å². The third-order valence-corrected chi connectivity index (χ3v) is 3.42. The highest BCUT2D eigenvalue weighted by Crippen LogP contribution is 2.33. The zero-order valence-electron chi connectivity index (χ0n) is 11.3. The standard InChI is InChI=1S/C17H16N2O/c1-12-17(14-9-5-6-10-16(14)20)15(19-18-12)11-13-7-3-2-4-8-13/h2-10,20H,11H2,1H3,(H,18,19). The lowest BCUT2D eigenvalue weighted by molar-refractivity contribution is 0.477. The number of hydrogen-bond donors (Lipinski definition) is 2. The monoisotopic (exact) mass is 264 g/mol. The number of aromatic hydroxyl groups is 1. The maximum Gasteiger partial charge on any atom is 0.123 e. The molecule has 0 fully saturated rings. The highest BCUT2D eigenvalue weighted by Gasteiger charge is 2.15. The van der Waals surface area contributed by atoms with E-state index in [0.29, 0.717) is 0 Å². The number of benzene rings is 2. The molecule has 0 aliphatic carbocycles. The smallest absolute Gasteiger partial charge is 0.123 e. The van der Waals surface area contributed by atoms with Gasteiger partial charge in [-0.15, -0.1) is 0 Å². The van der Waals surface area contributed by atoms with Gasteiger partial charge in [0, 0.05) is 23.2 Å². The van der Waals surface area contributed by atoms with Crippen LogP contribution in [0.1, 0.15) is 17.0 Å². The van der Waals surface area contributed by atoms with Crippen LogP contribution >= 0.6 is 0 Å². The Balaban J connectivity index is 2.04. The van der Waals surface area contributed by atoms with Crippen molar-refractivity contribution in [3.63, 3.8) is 0 Å². The number of nitrogens with zero attached hydrogens (tertiary/aromatic N) is 1. The zero-order chi connectivity index (χ0) is 13.9. The summed E-state index contributed by atoms with van der Waals surface area (Å²) in [5, 5.41) is 17.4. The van der Waals surface area contributed by atoms with Gasteiger partial charge in [-0.2, -0.15) is 5.10 Å². The highest BCUT2D eigenvalue weighted by molar-refractivity contribution is 5.74. The Hall–Kier alpha value is -2.55. The van der Waals surface area contributed by atoms with Crippen LogP contribution in [-0.4, -0.2) is 15.3 Å². The minimum Gasteiger partial charge on any atom is -0.507 e. The van der Waals surface area contributed by atoms with Crippen LogP contribution in [0.5, 0.6) is 5.75 Å². The van der Waals surface area contributed by atoms with Crippen molar-refractivity contribution in [2.75, 3.05) is 0 Å². The molecule has 0 amide bonds. The van der Waals surface area contributed by atoms with Gasteiger partial charge >= 0.3 is 0 Å². The van der Waals surface area contributed by atoms with E-state index in [1.807, 2.05) is 43.3 Å². The first-order chi connectivity index (χ1) is 9.75. The maximum absolute atomic E-state index is 10.1. The molecule has 1 aromatic heterocycles. The number of nitrogens with one attached hydrogen (secondary N) is 1. The van der Waals surface area contributed by atoms with Crippen LogP contribution < -0.4 is 0 Å². The first-order valence-corrected chi connectivity index (χ1v) is 6.62. The molecule has 0 bridgehead atoms. The van der Waals surface area contributed by atoms with Crippen molar-refractivity contribution in [2.24, 2.45) is 0 Å². The van der Waals surface area contributed by atoms with E-state index in [1.165, 1.54) is 5.56 Å². The second kappa shape index (κ2) is 5.21. The number of aromatic nitrogens is 2. The van der Waals surface area contributed by atoms with Crippen LogP contribution in [0.3, 0.4) is 0 Å². The number of phenols is 1. The molecule has 0 unspecified atom stereocenters. The molecule has 0 spiro atoms. The van der Waals surface area contributed by atoms with Crippen molar-refractivity contribution in [2.45, 2.75) is 13.3 Å². The first kappa shape index (κ1) is 12.5. The van der Waals surface area contributed by atoms with Gasteiger partial charge in [-0.3, -0.25) is 5.10 Å². The number of hydrogen-bond acceptors (Lipinski definition) is 2. The molecule has 0 atom stereocenters. The molecule has 0 radical (unpaired) electrons. The third kappa shape index (κ3) is 2.30.